The minimum absolute atomic E-state index is 0.0580. The van der Waals surface area contributed by atoms with Crippen LogP contribution in [0.2, 0.25) is 0 Å². The van der Waals surface area contributed by atoms with Gasteiger partial charge in [-0.3, -0.25) is 14.6 Å². The number of pyridine rings is 1. The van der Waals surface area contributed by atoms with E-state index in [1.165, 1.54) is 0 Å². The van der Waals surface area contributed by atoms with Crippen molar-refractivity contribution in [2.45, 2.75) is 69.5 Å². The molecule has 0 spiro atoms. The monoisotopic (exact) mass is 533 g/mol. The summed E-state index contributed by atoms with van der Waals surface area (Å²) in [4.78, 5) is 40.0. The molecule has 3 heterocycles. The third-order valence-corrected chi connectivity index (χ3v) is 9.20. The molecule has 0 bridgehead atoms. The lowest BCUT2D eigenvalue weighted by Gasteiger charge is -2.26. The molecule has 1 aliphatic heterocycles. The Hall–Kier alpha value is -3.53. The number of H-pyrrole nitrogens is 1. The van der Waals surface area contributed by atoms with E-state index >= 15 is 0 Å². The molecule has 2 N–H and O–H groups in total. The molecule has 6 rings (SSSR count). The molecule has 0 radical (unpaired) electrons. The Bertz CT molecular complexity index is 1570. The number of benzene rings is 1. The summed E-state index contributed by atoms with van der Waals surface area (Å²) in [6.07, 6.45) is 8.10. The molecule has 38 heavy (non-hydrogen) atoms. The van der Waals surface area contributed by atoms with Crippen molar-refractivity contribution in [3.63, 3.8) is 0 Å². The topological polar surface area (TPSA) is 125 Å². The molecule has 3 aliphatic rings. The van der Waals surface area contributed by atoms with Gasteiger partial charge in [0.05, 0.1) is 16.2 Å². The summed E-state index contributed by atoms with van der Waals surface area (Å²) in [5.74, 6) is 0.565. The largest absolute Gasteiger partial charge is 0.348 e. The third kappa shape index (κ3) is 4.40. The Labute approximate surface area is 222 Å². The number of nitrogens with one attached hydrogen (secondary N) is 2. The molecule has 1 aromatic carbocycles. The van der Waals surface area contributed by atoms with Gasteiger partial charge in [-0.05, 0) is 92.8 Å². The maximum atomic E-state index is 13.3. The van der Waals surface area contributed by atoms with E-state index in [-0.39, 0.29) is 28.8 Å². The molecule has 2 aliphatic carbocycles. The van der Waals surface area contributed by atoms with Crippen LogP contribution in [-0.2, 0) is 16.4 Å². The Morgan fingerprint density at radius 3 is 2.58 bits per heavy atom. The standard InChI is InChI=1S/C28H31N5O4S/c1-15-25(27(34)31-21-5-4-6-21)32-26(30-15)22-12-18(9-10-29-22)19-11-20-14-33(16(2)17-7-8-17)28(35)24(20)23(13-19)38(3,36)37/h9-13,16-17,21H,4-8,14H2,1-3H3,(H,30,32)(H,31,34)/t16-/m0/s1. The van der Waals surface area contributed by atoms with E-state index in [1.54, 1.807) is 30.2 Å². The summed E-state index contributed by atoms with van der Waals surface area (Å²) in [6, 6.07) is 7.41. The molecule has 2 fully saturated rings. The minimum Gasteiger partial charge on any atom is -0.348 e. The molecule has 0 saturated heterocycles. The van der Waals surface area contributed by atoms with Crippen LogP contribution < -0.4 is 5.32 Å². The van der Waals surface area contributed by atoms with E-state index in [1.807, 2.05) is 19.1 Å². The smallest absolute Gasteiger partial charge is 0.269 e. The first-order valence-electron chi connectivity index (χ1n) is 13.1. The van der Waals surface area contributed by atoms with Crippen LogP contribution in [0.15, 0.2) is 35.4 Å². The Balaban J connectivity index is 1.35. The van der Waals surface area contributed by atoms with Crippen molar-refractivity contribution in [3.8, 4) is 22.6 Å². The second-order valence-corrected chi connectivity index (χ2v) is 12.9. The highest BCUT2D eigenvalue weighted by molar-refractivity contribution is 7.90. The number of hydrogen-bond acceptors (Lipinski definition) is 6. The molecule has 3 aromatic rings. The number of rotatable bonds is 7. The fourth-order valence-electron chi connectivity index (χ4n) is 5.41. The quantitative estimate of drug-likeness (QED) is 0.475. The van der Waals surface area contributed by atoms with Gasteiger partial charge in [-0.15, -0.1) is 0 Å². The lowest BCUT2D eigenvalue weighted by atomic mass is 9.93. The van der Waals surface area contributed by atoms with E-state index in [0.717, 1.165) is 49.5 Å². The fourth-order valence-corrected chi connectivity index (χ4v) is 6.34. The van der Waals surface area contributed by atoms with Crippen molar-refractivity contribution in [3.05, 3.63) is 53.0 Å². The molecule has 2 saturated carbocycles. The van der Waals surface area contributed by atoms with Crippen molar-refractivity contribution in [2.24, 2.45) is 5.92 Å². The highest BCUT2D eigenvalue weighted by Crippen LogP contribution is 2.41. The number of aromatic amines is 1. The molecule has 1 atom stereocenters. The maximum absolute atomic E-state index is 13.3. The lowest BCUT2D eigenvalue weighted by molar-refractivity contribution is 0.0694. The highest BCUT2D eigenvalue weighted by Gasteiger charge is 2.40. The van der Waals surface area contributed by atoms with Crippen molar-refractivity contribution < 1.29 is 18.0 Å². The van der Waals surface area contributed by atoms with Gasteiger partial charge in [0.2, 0.25) is 0 Å². The van der Waals surface area contributed by atoms with Gasteiger partial charge in [0.25, 0.3) is 11.8 Å². The van der Waals surface area contributed by atoms with E-state index in [9.17, 15) is 18.0 Å². The first kappa shape index (κ1) is 24.8. The van der Waals surface area contributed by atoms with Crippen LogP contribution in [0.4, 0.5) is 0 Å². The van der Waals surface area contributed by atoms with E-state index in [0.29, 0.717) is 46.5 Å². The number of sulfone groups is 1. The second kappa shape index (κ2) is 9.04. The molecular formula is C28H31N5O4S. The number of fused-ring (bicyclic) bond motifs is 1. The zero-order valence-electron chi connectivity index (χ0n) is 21.7. The number of imidazole rings is 1. The lowest BCUT2D eigenvalue weighted by Crippen LogP contribution is -2.39. The highest BCUT2D eigenvalue weighted by atomic mass is 32.2. The summed E-state index contributed by atoms with van der Waals surface area (Å²) in [6.45, 7) is 4.23. The SMILES string of the molecule is Cc1nc(-c2cc(-c3cc4c(c(S(C)(=O)=O)c3)C(=O)N([C@@H](C)C3CC3)C4)ccn2)[nH]c1C(=O)NC1CCC1. The zero-order valence-corrected chi connectivity index (χ0v) is 22.6. The number of nitrogens with zero attached hydrogens (tertiary/aromatic N) is 3. The van der Waals surface area contributed by atoms with Crippen molar-refractivity contribution in [1.82, 2.24) is 25.2 Å². The second-order valence-electron chi connectivity index (χ2n) is 10.9. The van der Waals surface area contributed by atoms with Crippen LogP contribution >= 0.6 is 0 Å². The van der Waals surface area contributed by atoms with Gasteiger partial charge in [0.1, 0.15) is 11.4 Å². The summed E-state index contributed by atoms with van der Waals surface area (Å²) < 4.78 is 25.6. The van der Waals surface area contributed by atoms with Gasteiger partial charge >= 0.3 is 0 Å². The van der Waals surface area contributed by atoms with E-state index < -0.39 is 9.84 Å². The zero-order chi connectivity index (χ0) is 26.8. The molecule has 9 nitrogen and oxygen atoms in total. The summed E-state index contributed by atoms with van der Waals surface area (Å²) in [5, 5.41) is 3.03. The van der Waals surface area contributed by atoms with Crippen molar-refractivity contribution >= 4 is 21.7 Å². The molecular weight excluding hydrogens is 502 g/mol. The normalized spacial score (nSPS) is 18.3. The van der Waals surface area contributed by atoms with Gasteiger partial charge < -0.3 is 15.2 Å². The van der Waals surface area contributed by atoms with Crippen LogP contribution in [0.25, 0.3) is 22.6 Å². The van der Waals surface area contributed by atoms with E-state index in [4.69, 9.17) is 0 Å². The van der Waals surface area contributed by atoms with Gasteiger partial charge in [0.15, 0.2) is 15.7 Å². The van der Waals surface area contributed by atoms with Crippen LogP contribution in [-0.4, -0.2) is 58.4 Å². The first-order chi connectivity index (χ1) is 18.1. The number of aryl methyl sites for hydroxylation is 1. The number of amides is 2. The Kier molecular flexibility index (Phi) is 5.90. The molecule has 2 aromatic heterocycles. The van der Waals surface area contributed by atoms with E-state index in [2.05, 4.69) is 20.3 Å². The maximum Gasteiger partial charge on any atom is 0.269 e. The van der Waals surface area contributed by atoms with Gasteiger partial charge in [-0.25, -0.2) is 13.4 Å². The summed E-state index contributed by atoms with van der Waals surface area (Å²) in [5.41, 5.74) is 3.99. The average Bonchev–Trinajstić information content (AvgIpc) is 3.56. The molecule has 198 valence electrons. The molecule has 10 heteroatoms. The Morgan fingerprint density at radius 2 is 1.92 bits per heavy atom. The number of aromatic nitrogens is 3. The average molecular weight is 534 g/mol. The van der Waals surface area contributed by atoms with Gasteiger partial charge in [-0.2, -0.15) is 0 Å². The summed E-state index contributed by atoms with van der Waals surface area (Å²) >= 11 is 0. The number of carbonyl (C=O) groups excluding carboxylic acids is 2. The van der Waals surface area contributed by atoms with Crippen LogP contribution in [0.5, 0.6) is 0 Å². The predicted octanol–water partition coefficient (Wildman–Crippen LogP) is 3.89. The predicted molar refractivity (Wildman–Crippen MR) is 142 cm³/mol. The Morgan fingerprint density at radius 1 is 1.16 bits per heavy atom. The van der Waals surface area contributed by atoms with Gasteiger partial charge in [-0.1, -0.05) is 0 Å². The summed E-state index contributed by atoms with van der Waals surface area (Å²) in [7, 11) is -3.65. The third-order valence-electron chi connectivity index (χ3n) is 8.08. The number of hydrogen-bond donors (Lipinski definition) is 2. The minimum atomic E-state index is -3.65. The van der Waals surface area contributed by atoms with Gasteiger partial charge in [0, 0.05) is 31.1 Å². The molecule has 0 unspecified atom stereocenters. The van der Waals surface area contributed by atoms with Crippen LogP contribution in [0.3, 0.4) is 0 Å². The van der Waals surface area contributed by atoms with Crippen LogP contribution in [0.1, 0.15) is 71.1 Å². The number of carbonyl (C=O) groups is 2. The first-order valence-corrected chi connectivity index (χ1v) is 15.0. The van der Waals surface area contributed by atoms with Crippen molar-refractivity contribution in [2.75, 3.05) is 6.26 Å². The molecule has 2 amide bonds. The van der Waals surface area contributed by atoms with Crippen molar-refractivity contribution in [1.29, 1.82) is 0 Å². The van der Waals surface area contributed by atoms with Crippen LogP contribution in [0, 0.1) is 12.8 Å². The fraction of sp³-hybridized carbons (Fsp3) is 0.429.